The average molecular weight is 324 g/mol. The largest absolute Gasteiger partial charge is 0.416 e. The van der Waals surface area contributed by atoms with Crippen LogP contribution in [0.2, 0.25) is 0 Å². The third kappa shape index (κ3) is 4.21. The predicted octanol–water partition coefficient (Wildman–Crippen LogP) is 5.13. The summed E-state index contributed by atoms with van der Waals surface area (Å²) in [6, 6.07) is 10.6. The Bertz CT molecular complexity index is 679. The molecule has 2 N–H and O–H groups in total. The van der Waals surface area contributed by atoms with E-state index in [1.807, 2.05) is 32.0 Å². The lowest BCUT2D eigenvalue weighted by Gasteiger charge is -2.14. The van der Waals surface area contributed by atoms with Gasteiger partial charge in [-0.1, -0.05) is 12.1 Å². The third-order valence-corrected chi connectivity index (χ3v) is 3.32. The maximum absolute atomic E-state index is 12.5. The molecule has 0 radical (unpaired) electrons. The van der Waals surface area contributed by atoms with E-state index in [0.29, 0.717) is 10.8 Å². The quantitative estimate of drug-likeness (QED) is 0.749. The predicted molar refractivity (Wildman–Crippen MR) is 87.2 cm³/mol. The normalized spacial score (nSPS) is 11.1. The van der Waals surface area contributed by atoms with E-state index < -0.39 is 11.7 Å². The highest BCUT2D eigenvalue weighted by Crippen LogP contribution is 2.29. The molecule has 2 nitrogen and oxygen atoms in total. The van der Waals surface area contributed by atoms with Crippen molar-refractivity contribution >= 4 is 28.7 Å². The maximum Gasteiger partial charge on any atom is 0.416 e. The Hall–Kier alpha value is -2.08. The number of aryl methyl sites for hydroxylation is 2. The van der Waals surface area contributed by atoms with E-state index in [1.54, 1.807) is 0 Å². The number of anilines is 2. The molecule has 116 valence electrons. The van der Waals surface area contributed by atoms with Crippen molar-refractivity contribution < 1.29 is 13.2 Å². The van der Waals surface area contributed by atoms with Crippen LogP contribution in [0.25, 0.3) is 0 Å². The number of hydrogen-bond donors (Lipinski definition) is 2. The summed E-state index contributed by atoms with van der Waals surface area (Å²) in [5.41, 5.74) is 2.79. The topological polar surface area (TPSA) is 24.1 Å². The van der Waals surface area contributed by atoms with Gasteiger partial charge in [-0.2, -0.15) is 13.2 Å². The van der Waals surface area contributed by atoms with Crippen molar-refractivity contribution in [2.45, 2.75) is 20.0 Å². The van der Waals surface area contributed by atoms with Crippen LogP contribution in [0, 0.1) is 13.8 Å². The number of nitrogens with one attached hydrogen (secondary N) is 2. The van der Waals surface area contributed by atoms with Crippen LogP contribution in [0.15, 0.2) is 42.5 Å². The van der Waals surface area contributed by atoms with Crippen LogP contribution in [-0.4, -0.2) is 5.11 Å². The van der Waals surface area contributed by atoms with Crippen molar-refractivity contribution in [2.75, 3.05) is 10.6 Å². The summed E-state index contributed by atoms with van der Waals surface area (Å²) in [6.45, 7) is 3.92. The molecular formula is C16H15F3N2S. The second kappa shape index (κ2) is 6.36. The first-order valence-corrected chi connectivity index (χ1v) is 6.99. The van der Waals surface area contributed by atoms with Crippen molar-refractivity contribution in [3.05, 3.63) is 59.2 Å². The Morgan fingerprint density at radius 2 is 1.59 bits per heavy atom. The first-order chi connectivity index (χ1) is 10.3. The van der Waals surface area contributed by atoms with E-state index in [0.717, 1.165) is 28.9 Å². The fraction of sp³-hybridized carbons (Fsp3) is 0.188. The zero-order valence-corrected chi connectivity index (χ0v) is 12.9. The standard InChI is InChI=1S/C16H15F3N2S/c1-10-3-4-11(2)14(9-10)21-15(22)20-13-7-5-12(6-8-13)16(17,18)19/h3-9H,1-2H3,(H2,20,21,22). The molecule has 0 bridgehead atoms. The van der Waals surface area contributed by atoms with E-state index >= 15 is 0 Å². The lowest BCUT2D eigenvalue weighted by Crippen LogP contribution is -2.19. The van der Waals surface area contributed by atoms with Crippen LogP contribution >= 0.6 is 12.2 Å². The zero-order chi connectivity index (χ0) is 16.3. The molecule has 0 aliphatic heterocycles. The van der Waals surface area contributed by atoms with Gasteiger partial charge in [-0.25, -0.2) is 0 Å². The molecule has 0 heterocycles. The van der Waals surface area contributed by atoms with Gasteiger partial charge in [-0.3, -0.25) is 0 Å². The summed E-state index contributed by atoms with van der Waals surface area (Å²) in [5, 5.41) is 6.24. The highest BCUT2D eigenvalue weighted by molar-refractivity contribution is 7.80. The van der Waals surface area contributed by atoms with E-state index in [9.17, 15) is 13.2 Å². The SMILES string of the molecule is Cc1ccc(C)c(NC(=S)Nc2ccc(C(F)(F)F)cc2)c1. The third-order valence-electron chi connectivity index (χ3n) is 3.11. The minimum Gasteiger partial charge on any atom is -0.332 e. The van der Waals surface area contributed by atoms with E-state index in [-0.39, 0.29) is 0 Å². The fourth-order valence-electron chi connectivity index (χ4n) is 1.90. The van der Waals surface area contributed by atoms with Crippen LogP contribution in [0.5, 0.6) is 0 Å². The minimum atomic E-state index is -4.34. The van der Waals surface area contributed by atoms with Crippen LogP contribution < -0.4 is 10.6 Å². The molecule has 0 spiro atoms. The van der Waals surface area contributed by atoms with Gasteiger partial charge in [0.2, 0.25) is 0 Å². The molecule has 0 fully saturated rings. The van der Waals surface area contributed by atoms with Gasteiger partial charge in [0.25, 0.3) is 0 Å². The number of thiocarbonyl (C=S) groups is 1. The smallest absolute Gasteiger partial charge is 0.332 e. The molecule has 6 heteroatoms. The van der Waals surface area contributed by atoms with Crippen molar-refractivity contribution in [3.63, 3.8) is 0 Å². The molecule has 0 amide bonds. The van der Waals surface area contributed by atoms with Crippen molar-refractivity contribution in [1.82, 2.24) is 0 Å². The Labute approximate surface area is 132 Å². The molecule has 2 aromatic rings. The number of halogens is 3. The monoisotopic (exact) mass is 324 g/mol. The van der Waals surface area contributed by atoms with Gasteiger partial charge in [0, 0.05) is 11.4 Å². The molecule has 0 saturated carbocycles. The van der Waals surface area contributed by atoms with Gasteiger partial charge in [-0.05, 0) is 67.5 Å². The fourth-order valence-corrected chi connectivity index (χ4v) is 2.13. The minimum absolute atomic E-state index is 0.327. The average Bonchev–Trinajstić information content (AvgIpc) is 2.42. The molecular weight excluding hydrogens is 309 g/mol. The van der Waals surface area contributed by atoms with Crippen molar-refractivity contribution in [1.29, 1.82) is 0 Å². The van der Waals surface area contributed by atoms with E-state index in [4.69, 9.17) is 12.2 Å². The van der Waals surface area contributed by atoms with Gasteiger partial charge < -0.3 is 10.6 Å². The first-order valence-electron chi connectivity index (χ1n) is 6.58. The molecule has 0 unspecified atom stereocenters. The first kappa shape index (κ1) is 16.3. The molecule has 2 aromatic carbocycles. The highest BCUT2D eigenvalue weighted by Gasteiger charge is 2.29. The maximum atomic E-state index is 12.5. The molecule has 0 saturated heterocycles. The molecule has 0 atom stereocenters. The number of alkyl halides is 3. The van der Waals surface area contributed by atoms with Gasteiger partial charge in [0.15, 0.2) is 5.11 Å². The zero-order valence-electron chi connectivity index (χ0n) is 12.1. The Morgan fingerprint density at radius 1 is 0.955 bits per heavy atom. The van der Waals surface area contributed by atoms with Gasteiger partial charge in [0.1, 0.15) is 0 Å². The Balaban J connectivity index is 2.04. The van der Waals surface area contributed by atoms with Gasteiger partial charge >= 0.3 is 6.18 Å². The van der Waals surface area contributed by atoms with Crippen LogP contribution in [-0.2, 0) is 6.18 Å². The Morgan fingerprint density at radius 3 is 2.18 bits per heavy atom. The van der Waals surface area contributed by atoms with Crippen LogP contribution in [0.3, 0.4) is 0 Å². The second-order valence-electron chi connectivity index (χ2n) is 4.97. The van der Waals surface area contributed by atoms with Gasteiger partial charge in [-0.15, -0.1) is 0 Å². The van der Waals surface area contributed by atoms with Crippen molar-refractivity contribution in [3.8, 4) is 0 Å². The summed E-state index contributed by atoms with van der Waals surface area (Å²) < 4.78 is 37.5. The molecule has 22 heavy (non-hydrogen) atoms. The summed E-state index contributed by atoms with van der Waals surface area (Å²) in [7, 11) is 0. The van der Waals surface area contributed by atoms with Crippen LogP contribution in [0.4, 0.5) is 24.5 Å². The molecule has 0 aliphatic rings. The Kier molecular flexibility index (Phi) is 4.71. The summed E-state index contributed by atoms with van der Waals surface area (Å²) in [4.78, 5) is 0. The van der Waals surface area contributed by atoms with E-state index in [2.05, 4.69) is 10.6 Å². The number of benzene rings is 2. The van der Waals surface area contributed by atoms with E-state index in [1.165, 1.54) is 12.1 Å². The van der Waals surface area contributed by atoms with Crippen LogP contribution in [0.1, 0.15) is 16.7 Å². The van der Waals surface area contributed by atoms with Crippen molar-refractivity contribution in [2.24, 2.45) is 0 Å². The summed E-state index contributed by atoms with van der Waals surface area (Å²) >= 11 is 5.18. The molecule has 0 aromatic heterocycles. The lowest BCUT2D eigenvalue weighted by atomic mass is 10.1. The second-order valence-corrected chi connectivity index (χ2v) is 5.38. The molecule has 0 aliphatic carbocycles. The summed E-state index contributed by atoms with van der Waals surface area (Å²) in [6.07, 6.45) is -4.34. The number of rotatable bonds is 2. The highest BCUT2D eigenvalue weighted by atomic mass is 32.1. The van der Waals surface area contributed by atoms with Gasteiger partial charge in [0.05, 0.1) is 5.56 Å². The lowest BCUT2D eigenvalue weighted by molar-refractivity contribution is -0.137. The molecule has 2 rings (SSSR count). The number of hydrogen-bond acceptors (Lipinski definition) is 1. The summed E-state index contributed by atoms with van der Waals surface area (Å²) in [5.74, 6) is 0.